The zero-order valence-electron chi connectivity index (χ0n) is 8.53. The number of rotatable bonds is 1. The van der Waals surface area contributed by atoms with Crippen molar-refractivity contribution in [1.29, 1.82) is 5.26 Å². The molecule has 1 aromatic carbocycles. The summed E-state index contributed by atoms with van der Waals surface area (Å²) in [5.74, 6) is 0.899. The maximum absolute atomic E-state index is 9.24. The maximum atomic E-state index is 9.24. The van der Waals surface area contributed by atoms with E-state index in [1.807, 2.05) is 0 Å². The molecule has 0 unspecified atom stereocenters. The van der Waals surface area contributed by atoms with Crippen LogP contribution in [0.1, 0.15) is 23.5 Å². The minimum Gasteiger partial charge on any atom is -0.373 e. The average molecular weight is 197 g/mol. The molecule has 0 spiro atoms. The number of nitriles is 1. The van der Waals surface area contributed by atoms with Crippen molar-refractivity contribution in [2.45, 2.75) is 17.9 Å². The third-order valence-corrected chi connectivity index (χ3v) is 4.72. The van der Waals surface area contributed by atoms with Crippen LogP contribution in [0.2, 0.25) is 0 Å². The molecule has 0 bridgehead atoms. The lowest BCUT2D eigenvalue weighted by Gasteiger charge is -2.44. The summed E-state index contributed by atoms with van der Waals surface area (Å²) in [6, 6.07) is 11.0. The zero-order chi connectivity index (χ0) is 10.3. The summed E-state index contributed by atoms with van der Waals surface area (Å²) in [5.41, 5.74) is 2.51. The van der Waals surface area contributed by atoms with E-state index in [9.17, 15) is 5.26 Å². The first-order valence-corrected chi connectivity index (χ1v) is 5.36. The summed E-state index contributed by atoms with van der Waals surface area (Å²) in [6.45, 7) is 0. The minimum absolute atomic E-state index is 0.0651. The highest BCUT2D eigenvalue weighted by Crippen LogP contribution is 2.88. The molecule has 0 saturated heterocycles. The number of hydrogen-bond acceptors (Lipinski definition) is 2. The fourth-order valence-corrected chi connectivity index (χ4v) is 4.12. The predicted molar refractivity (Wildman–Crippen MR) is 54.0 cm³/mol. The molecule has 3 aliphatic carbocycles. The summed E-state index contributed by atoms with van der Waals surface area (Å²) in [5, 5.41) is 9.24. The second-order valence-corrected chi connectivity index (χ2v) is 4.97. The Morgan fingerprint density at radius 1 is 1.47 bits per heavy atom. The topological polar surface area (TPSA) is 33.0 Å². The number of benzene rings is 1. The van der Waals surface area contributed by atoms with E-state index < -0.39 is 0 Å². The van der Waals surface area contributed by atoms with Gasteiger partial charge >= 0.3 is 0 Å². The van der Waals surface area contributed by atoms with E-state index in [2.05, 4.69) is 30.3 Å². The van der Waals surface area contributed by atoms with Crippen LogP contribution in [0.15, 0.2) is 24.3 Å². The Kier molecular flexibility index (Phi) is 1.03. The highest BCUT2D eigenvalue weighted by atomic mass is 16.5. The molecule has 0 N–H and O–H groups in total. The van der Waals surface area contributed by atoms with Gasteiger partial charge in [-0.15, -0.1) is 0 Å². The second kappa shape index (κ2) is 1.96. The van der Waals surface area contributed by atoms with Gasteiger partial charge in [0.05, 0.1) is 17.1 Å². The standard InChI is InChI=1S/C13H11NO/c1-15-13-6-12(7-14)10(11(12)13)8-4-2-3-5-9(8)13/h2-5,10-11H,6H2,1H3/t10-,11-,12-,13+/m0/s1. The molecular formula is C13H11NO. The van der Waals surface area contributed by atoms with Gasteiger partial charge in [-0.25, -0.2) is 0 Å². The summed E-state index contributed by atoms with van der Waals surface area (Å²) < 4.78 is 5.72. The van der Waals surface area contributed by atoms with Crippen molar-refractivity contribution in [2.24, 2.45) is 11.3 Å². The molecule has 2 fully saturated rings. The number of nitrogens with zero attached hydrogens (tertiary/aromatic N) is 1. The molecule has 0 amide bonds. The van der Waals surface area contributed by atoms with Gasteiger partial charge < -0.3 is 4.74 Å². The number of ether oxygens (including phenoxy) is 1. The van der Waals surface area contributed by atoms with Crippen molar-refractivity contribution in [3.63, 3.8) is 0 Å². The zero-order valence-corrected chi connectivity index (χ0v) is 8.53. The highest BCUT2D eigenvalue weighted by molar-refractivity contribution is 5.61. The first-order valence-electron chi connectivity index (χ1n) is 5.36. The van der Waals surface area contributed by atoms with Gasteiger partial charge in [0.25, 0.3) is 0 Å². The SMILES string of the molecule is CO[C@]12C[C@]3(C#N)[C@@H](c4ccccc41)[C@@H]32. The number of fused-ring (bicyclic) bond motifs is 4. The molecule has 3 aliphatic rings. The molecule has 15 heavy (non-hydrogen) atoms. The van der Waals surface area contributed by atoms with Crippen molar-refractivity contribution >= 4 is 0 Å². The molecular weight excluding hydrogens is 186 g/mol. The van der Waals surface area contributed by atoms with Crippen molar-refractivity contribution in [2.75, 3.05) is 7.11 Å². The lowest BCUT2D eigenvalue weighted by atomic mass is 9.66. The van der Waals surface area contributed by atoms with Crippen LogP contribution in [0.4, 0.5) is 0 Å². The first kappa shape index (κ1) is 7.90. The van der Waals surface area contributed by atoms with Gasteiger partial charge in [-0.3, -0.25) is 0 Å². The first-order chi connectivity index (χ1) is 7.30. The molecule has 4 atom stereocenters. The smallest absolute Gasteiger partial charge is 0.0995 e. The highest BCUT2D eigenvalue weighted by Gasteiger charge is 2.88. The quantitative estimate of drug-likeness (QED) is 0.691. The lowest BCUT2D eigenvalue weighted by Crippen LogP contribution is -2.44. The van der Waals surface area contributed by atoms with E-state index in [4.69, 9.17) is 4.74 Å². The van der Waals surface area contributed by atoms with Gasteiger partial charge in [-0.05, 0) is 11.1 Å². The summed E-state index contributed by atoms with van der Waals surface area (Å²) in [4.78, 5) is 0. The Balaban J connectivity index is 1.98. The largest absolute Gasteiger partial charge is 0.373 e. The normalized spacial score (nSPS) is 47.5. The Morgan fingerprint density at radius 2 is 2.27 bits per heavy atom. The fourth-order valence-electron chi connectivity index (χ4n) is 4.12. The Labute approximate surface area is 88.5 Å². The third-order valence-electron chi connectivity index (χ3n) is 4.72. The monoisotopic (exact) mass is 197 g/mol. The molecule has 2 saturated carbocycles. The van der Waals surface area contributed by atoms with Crippen LogP contribution in [0.3, 0.4) is 0 Å². The Morgan fingerprint density at radius 3 is 3.00 bits per heavy atom. The molecule has 2 heteroatoms. The molecule has 0 heterocycles. The number of methoxy groups -OCH3 is 1. The molecule has 2 nitrogen and oxygen atoms in total. The molecule has 0 aromatic heterocycles. The molecule has 4 rings (SSSR count). The summed E-state index contributed by atoms with van der Waals surface area (Å²) >= 11 is 0. The van der Waals surface area contributed by atoms with E-state index >= 15 is 0 Å². The van der Waals surface area contributed by atoms with Crippen LogP contribution < -0.4 is 0 Å². The molecule has 0 radical (unpaired) electrons. The Hall–Kier alpha value is -1.33. The maximum Gasteiger partial charge on any atom is 0.0995 e. The van der Waals surface area contributed by atoms with Crippen molar-refractivity contribution < 1.29 is 4.74 Å². The van der Waals surface area contributed by atoms with Gasteiger partial charge in [-0.2, -0.15) is 5.26 Å². The van der Waals surface area contributed by atoms with Gasteiger partial charge in [0.15, 0.2) is 0 Å². The fraction of sp³-hybridized carbons (Fsp3) is 0.462. The molecule has 1 aromatic rings. The average Bonchev–Trinajstić information content (AvgIpc) is 2.74. The van der Waals surface area contributed by atoms with E-state index in [0.717, 1.165) is 6.42 Å². The number of hydrogen-bond donors (Lipinski definition) is 0. The lowest BCUT2D eigenvalue weighted by molar-refractivity contribution is -0.104. The van der Waals surface area contributed by atoms with Crippen molar-refractivity contribution in [3.8, 4) is 6.07 Å². The van der Waals surface area contributed by atoms with Crippen LogP contribution in [0, 0.1) is 22.7 Å². The predicted octanol–water partition coefficient (Wildman–Crippen LogP) is 2.17. The second-order valence-electron chi connectivity index (χ2n) is 4.97. The summed E-state index contributed by atoms with van der Waals surface area (Å²) in [7, 11) is 1.78. The van der Waals surface area contributed by atoms with E-state index in [1.54, 1.807) is 7.11 Å². The van der Waals surface area contributed by atoms with Crippen LogP contribution in [0.25, 0.3) is 0 Å². The molecule has 74 valence electrons. The van der Waals surface area contributed by atoms with Gasteiger partial charge in [0, 0.05) is 25.4 Å². The Bertz CT molecular complexity index is 518. The van der Waals surface area contributed by atoms with E-state index in [0.29, 0.717) is 11.8 Å². The van der Waals surface area contributed by atoms with Crippen LogP contribution in [-0.2, 0) is 10.3 Å². The van der Waals surface area contributed by atoms with E-state index in [1.165, 1.54) is 11.1 Å². The van der Waals surface area contributed by atoms with Crippen LogP contribution in [0.5, 0.6) is 0 Å². The van der Waals surface area contributed by atoms with Gasteiger partial charge in [0.2, 0.25) is 0 Å². The van der Waals surface area contributed by atoms with Crippen LogP contribution in [-0.4, -0.2) is 7.11 Å². The van der Waals surface area contributed by atoms with Crippen LogP contribution >= 0.6 is 0 Å². The molecule has 0 aliphatic heterocycles. The van der Waals surface area contributed by atoms with Crippen molar-refractivity contribution in [3.05, 3.63) is 35.4 Å². The van der Waals surface area contributed by atoms with E-state index in [-0.39, 0.29) is 11.0 Å². The minimum atomic E-state index is -0.114. The third kappa shape index (κ3) is 0.540. The van der Waals surface area contributed by atoms with Gasteiger partial charge in [-0.1, -0.05) is 24.3 Å². The summed E-state index contributed by atoms with van der Waals surface area (Å²) in [6.07, 6.45) is 0.902. The van der Waals surface area contributed by atoms with Gasteiger partial charge in [0.1, 0.15) is 0 Å². The van der Waals surface area contributed by atoms with Crippen molar-refractivity contribution in [1.82, 2.24) is 0 Å².